The summed E-state index contributed by atoms with van der Waals surface area (Å²) >= 11 is 0. The van der Waals surface area contributed by atoms with Crippen LogP contribution in [0.5, 0.6) is 0 Å². The van der Waals surface area contributed by atoms with Gasteiger partial charge in [0.2, 0.25) is 5.91 Å². The van der Waals surface area contributed by atoms with E-state index in [1.807, 2.05) is 0 Å². The van der Waals surface area contributed by atoms with Crippen LogP contribution in [-0.2, 0) is 19.1 Å². The Morgan fingerprint density at radius 1 is 1.07 bits per heavy atom. The minimum Gasteiger partial charge on any atom is -0.458 e. The molecule has 1 rings (SSSR count). The number of esters is 1. The second-order valence-corrected chi connectivity index (χ2v) is 8.95. The number of amides is 2. The van der Waals surface area contributed by atoms with Crippen LogP contribution in [0.1, 0.15) is 48.0 Å². The average molecular weight is 410 g/mol. The van der Waals surface area contributed by atoms with Crippen LogP contribution in [0.2, 0.25) is 0 Å². The summed E-state index contributed by atoms with van der Waals surface area (Å²) in [6.45, 7) is 9.02. The molecule has 0 aromatic heterocycles. The van der Waals surface area contributed by atoms with Gasteiger partial charge in [-0.3, -0.25) is 4.79 Å². The van der Waals surface area contributed by atoms with Crippen molar-refractivity contribution in [1.29, 1.82) is 0 Å². The number of hydrogen-bond acceptors (Lipinski definition) is 5. The van der Waals surface area contributed by atoms with Crippen molar-refractivity contribution in [2.75, 3.05) is 13.7 Å². The fourth-order valence-electron chi connectivity index (χ4n) is 2.90. The first-order valence-electron chi connectivity index (χ1n) is 8.92. The zero-order valence-electron chi connectivity index (χ0n) is 17.3. The molecule has 1 saturated heterocycles. The molecule has 7 nitrogen and oxygen atoms in total. The SMILES string of the molecule is COC(=O)NC(C(=O)N1C[C@H](C(F)(F)F)C[C@@H]1C(=O)OC(C)(C)C)C(C)(C)C. The van der Waals surface area contributed by atoms with E-state index in [1.54, 1.807) is 41.5 Å². The van der Waals surface area contributed by atoms with Crippen molar-refractivity contribution in [1.82, 2.24) is 10.2 Å². The Balaban J connectivity index is 3.22. The quantitative estimate of drug-likeness (QED) is 0.724. The molecule has 1 aliphatic heterocycles. The molecule has 0 radical (unpaired) electrons. The average Bonchev–Trinajstić information content (AvgIpc) is 2.94. The van der Waals surface area contributed by atoms with Gasteiger partial charge in [-0.15, -0.1) is 0 Å². The highest BCUT2D eigenvalue weighted by molar-refractivity contribution is 5.91. The molecular weight excluding hydrogens is 381 g/mol. The fraction of sp³-hybridized carbons (Fsp3) is 0.833. The van der Waals surface area contributed by atoms with E-state index in [9.17, 15) is 27.6 Å². The first-order chi connectivity index (χ1) is 12.5. The van der Waals surface area contributed by atoms with Crippen molar-refractivity contribution >= 4 is 18.0 Å². The van der Waals surface area contributed by atoms with Crippen molar-refractivity contribution < 1.29 is 37.0 Å². The molecule has 0 aromatic rings. The second kappa shape index (κ2) is 8.16. The van der Waals surface area contributed by atoms with E-state index in [2.05, 4.69) is 10.1 Å². The largest absolute Gasteiger partial charge is 0.458 e. The van der Waals surface area contributed by atoms with Gasteiger partial charge in [0, 0.05) is 6.54 Å². The summed E-state index contributed by atoms with van der Waals surface area (Å²) in [7, 11) is 1.11. The Morgan fingerprint density at radius 2 is 1.61 bits per heavy atom. The summed E-state index contributed by atoms with van der Waals surface area (Å²) in [5.74, 6) is -3.55. The lowest BCUT2D eigenvalue weighted by molar-refractivity contribution is -0.171. The Labute approximate surface area is 162 Å². The number of alkyl halides is 3. The summed E-state index contributed by atoms with van der Waals surface area (Å²) in [6, 6.07) is -2.57. The summed E-state index contributed by atoms with van der Waals surface area (Å²) in [4.78, 5) is 38.1. The van der Waals surface area contributed by atoms with Gasteiger partial charge in [0.1, 0.15) is 17.7 Å². The first kappa shape index (κ1) is 24.0. The molecule has 28 heavy (non-hydrogen) atoms. The zero-order chi connectivity index (χ0) is 22.1. The van der Waals surface area contributed by atoms with Gasteiger partial charge in [-0.25, -0.2) is 9.59 Å². The van der Waals surface area contributed by atoms with Crippen molar-refractivity contribution in [2.45, 2.75) is 71.8 Å². The number of nitrogens with zero attached hydrogens (tertiary/aromatic N) is 1. The Kier molecular flexibility index (Phi) is 7.01. The van der Waals surface area contributed by atoms with E-state index >= 15 is 0 Å². The predicted octanol–water partition coefficient (Wildman–Crippen LogP) is 2.88. The van der Waals surface area contributed by atoms with Gasteiger partial charge >= 0.3 is 18.2 Å². The topological polar surface area (TPSA) is 84.9 Å². The lowest BCUT2D eigenvalue weighted by atomic mass is 9.85. The van der Waals surface area contributed by atoms with Crippen LogP contribution >= 0.6 is 0 Å². The highest BCUT2D eigenvalue weighted by Gasteiger charge is 2.53. The summed E-state index contributed by atoms with van der Waals surface area (Å²) in [5.41, 5.74) is -1.75. The minimum atomic E-state index is -4.57. The molecular formula is C18H29F3N2O5. The Bertz CT molecular complexity index is 608. The summed E-state index contributed by atoms with van der Waals surface area (Å²) in [6.07, 6.45) is -6.05. The lowest BCUT2D eigenvalue weighted by Crippen LogP contribution is -2.57. The first-order valence-corrected chi connectivity index (χ1v) is 8.92. The molecule has 0 bridgehead atoms. The van der Waals surface area contributed by atoms with Crippen LogP contribution in [0.15, 0.2) is 0 Å². The van der Waals surface area contributed by atoms with Crippen molar-refractivity contribution in [3.05, 3.63) is 0 Å². The van der Waals surface area contributed by atoms with Gasteiger partial charge < -0.3 is 19.7 Å². The molecule has 0 aliphatic carbocycles. The third kappa shape index (κ3) is 6.27. The number of nitrogens with one attached hydrogen (secondary N) is 1. The molecule has 0 spiro atoms. The van der Waals surface area contributed by atoms with Crippen LogP contribution in [0, 0.1) is 11.3 Å². The monoisotopic (exact) mass is 410 g/mol. The van der Waals surface area contributed by atoms with Crippen LogP contribution in [0.25, 0.3) is 0 Å². The third-order valence-electron chi connectivity index (χ3n) is 4.29. The number of ether oxygens (including phenoxy) is 2. The van der Waals surface area contributed by atoms with E-state index < -0.39 is 66.1 Å². The van der Waals surface area contributed by atoms with Crippen LogP contribution in [-0.4, -0.2) is 60.4 Å². The van der Waals surface area contributed by atoms with Gasteiger partial charge in [0.15, 0.2) is 0 Å². The number of rotatable bonds is 3. The van der Waals surface area contributed by atoms with E-state index in [-0.39, 0.29) is 0 Å². The predicted molar refractivity (Wildman–Crippen MR) is 94.3 cm³/mol. The smallest absolute Gasteiger partial charge is 0.407 e. The molecule has 2 amide bonds. The number of halogens is 3. The van der Waals surface area contributed by atoms with E-state index in [1.165, 1.54) is 0 Å². The van der Waals surface area contributed by atoms with Crippen LogP contribution < -0.4 is 5.32 Å². The van der Waals surface area contributed by atoms with Gasteiger partial charge in [-0.05, 0) is 32.6 Å². The van der Waals surface area contributed by atoms with Crippen molar-refractivity contribution in [3.63, 3.8) is 0 Å². The zero-order valence-corrected chi connectivity index (χ0v) is 17.3. The Morgan fingerprint density at radius 3 is 2.00 bits per heavy atom. The molecule has 10 heteroatoms. The summed E-state index contributed by atoms with van der Waals surface area (Å²) < 4.78 is 49.6. The van der Waals surface area contributed by atoms with E-state index in [4.69, 9.17) is 4.74 Å². The number of hydrogen-bond donors (Lipinski definition) is 1. The van der Waals surface area contributed by atoms with Crippen LogP contribution in [0.4, 0.5) is 18.0 Å². The number of methoxy groups -OCH3 is 1. The molecule has 1 heterocycles. The number of likely N-dealkylation sites (tertiary alicyclic amines) is 1. The lowest BCUT2D eigenvalue weighted by Gasteiger charge is -2.35. The minimum absolute atomic E-state index is 0.584. The normalized spacial score (nSPS) is 21.9. The third-order valence-corrected chi connectivity index (χ3v) is 4.29. The van der Waals surface area contributed by atoms with E-state index in [0.717, 1.165) is 12.0 Å². The van der Waals surface area contributed by atoms with Gasteiger partial charge in [0.25, 0.3) is 0 Å². The highest BCUT2D eigenvalue weighted by atomic mass is 19.4. The van der Waals surface area contributed by atoms with E-state index in [0.29, 0.717) is 0 Å². The molecule has 1 N–H and O–H groups in total. The molecule has 1 aliphatic rings. The number of carbonyl (C=O) groups is 3. The second-order valence-electron chi connectivity index (χ2n) is 8.95. The maximum absolute atomic E-state index is 13.3. The summed E-state index contributed by atoms with van der Waals surface area (Å²) in [5, 5.41) is 2.36. The van der Waals surface area contributed by atoms with Crippen molar-refractivity contribution in [2.24, 2.45) is 11.3 Å². The maximum atomic E-state index is 13.3. The fourth-order valence-corrected chi connectivity index (χ4v) is 2.90. The van der Waals surface area contributed by atoms with Gasteiger partial charge in [-0.1, -0.05) is 20.8 Å². The molecule has 1 unspecified atom stereocenters. The van der Waals surface area contributed by atoms with Gasteiger partial charge in [0.05, 0.1) is 13.0 Å². The molecule has 0 aromatic carbocycles. The van der Waals surface area contributed by atoms with Gasteiger partial charge in [-0.2, -0.15) is 13.2 Å². The maximum Gasteiger partial charge on any atom is 0.407 e. The molecule has 3 atom stereocenters. The van der Waals surface area contributed by atoms with Crippen LogP contribution in [0.3, 0.4) is 0 Å². The molecule has 162 valence electrons. The number of carbonyl (C=O) groups excluding carboxylic acids is 3. The van der Waals surface area contributed by atoms with Crippen molar-refractivity contribution in [3.8, 4) is 0 Å². The Hall–Kier alpha value is -2.00. The number of alkyl carbamates (subject to hydrolysis) is 1. The standard InChI is InChI=1S/C18H29F3N2O5/c1-16(2,3)12(22-15(26)27-7)13(24)23-9-10(18(19,20)21)8-11(23)14(25)28-17(4,5)6/h10-12H,8-9H2,1-7H3,(H,22,26)/t10-,11-,12?/m1/s1. The molecule has 0 saturated carbocycles. The highest BCUT2D eigenvalue weighted by Crippen LogP contribution is 2.38. The molecule has 1 fully saturated rings.